The van der Waals surface area contributed by atoms with E-state index in [-0.39, 0.29) is 0 Å². The van der Waals surface area contributed by atoms with Gasteiger partial charge in [0.1, 0.15) is 0 Å². The van der Waals surface area contributed by atoms with Crippen LogP contribution in [0.5, 0.6) is 0 Å². The number of allylic oxidation sites excluding steroid dienone is 8. The molecule has 0 bridgehead atoms. The molecule has 0 radical (unpaired) electrons. The van der Waals surface area contributed by atoms with E-state index in [0.29, 0.717) is 0 Å². The second-order valence-corrected chi connectivity index (χ2v) is 8.00. The molecule has 0 fully saturated rings. The molecule has 0 aliphatic rings. The summed E-state index contributed by atoms with van der Waals surface area (Å²) in [7, 11) is 1.91. The number of hydrogen-bond acceptors (Lipinski definition) is 2. The first-order chi connectivity index (χ1) is 11.3. The van der Waals surface area contributed by atoms with Gasteiger partial charge in [0.15, 0.2) is 0 Å². The number of benzene rings is 1. The minimum atomic E-state index is 0.872. The van der Waals surface area contributed by atoms with Crippen LogP contribution in [0.25, 0.3) is 11.1 Å². The molecule has 0 heterocycles. The van der Waals surface area contributed by atoms with Gasteiger partial charge in [-0.1, -0.05) is 68.3 Å². The minimum Gasteiger partial charge on any atom is -0.386 e. The van der Waals surface area contributed by atoms with Crippen molar-refractivity contribution in [3.05, 3.63) is 56.5 Å². The van der Waals surface area contributed by atoms with E-state index in [1.807, 2.05) is 33.0 Å². The molecule has 128 valence electrons. The number of nitrogens with one attached hydrogen (secondary N) is 1. The standard InChI is InChI=1S/C20H24Br2N2/c1-13(7-9-15(3)21)17-11-12-18(14(2)8-10-16(4)22)20(24-6)19(17)23-5/h7-12,24H,5H2,1-4,6H3. The molecule has 0 aromatic heterocycles. The van der Waals surface area contributed by atoms with Crippen molar-refractivity contribution in [3.63, 3.8) is 0 Å². The molecule has 2 nitrogen and oxygen atoms in total. The number of anilines is 1. The van der Waals surface area contributed by atoms with E-state index in [0.717, 1.165) is 42.6 Å². The summed E-state index contributed by atoms with van der Waals surface area (Å²) in [4.78, 5) is 4.29. The van der Waals surface area contributed by atoms with E-state index < -0.39 is 0 Å². The first kappa shape index (κ1) is 20.7. The molecule has 0 saturated heterocycles. The molecule has 0 amide bonds. The molecule has 0 spiro atoms. The van der Waals surface area contributed by atoms with Crippen molar-refractivity contribution in [1.82, 2.24) is 0 Å². The van der Waals surface area contributed by atoms with Gasteiger partial charge in [-0.3, -0.25) is 4.99 Å². The summed E-state index contributed by atoms with van der Waals surface area (Å²) < 4.78 is 2.17. The lowest BCUT2D eigenvalue weighted by Gasteiger charge is -2.16. The number of nitrogens with zero attached hydrogens (tertiary/aromatic N) is 1. The maximum absolute atomic E-state index is 4.29. The summed E-state index contributed by atoms with van der Waals surface area (Å²) in [5.74, 6) is 0. The summed E-state index contributed by atoms with van der Waals surface area (Å²) in [5.41, 5.74) is 6.35. The summed E-state index contributed by atoms with van der Waals surface area (Å²) in [6.45, 7) is 12.0. The summed E-state index contributed by atoms with van der Waals surface area (Å²) >= 11 is 6.90. The molecule has 4 heteroatoms. The van der Waals surface area contributed by atoms with Crippen LogP contribution >= 0.6 is 31.9 Å². The minimum absolute atomic E-state index is 0.872. The molecule has 0 aliphatic carbocycles. The van der Waals surface area contributed by atoms with Crippen LogP contribution < -0.4 is 5.32 Å². The van der Waals surface area contributed by atoms with Crippen molar-refractivity contribution < 1.29 is 0 Å². The molecule has 0 unspecified atom stereocenters. The van der Waals surface area contributed by atoms with Gasteiger partial charge in [-0.25, -0.2) is 0 Å². The molecule has 24 heavy (non-hydrogen) atoms. The van der Waals surface area contributed by atoms with Gasteiger partial charge in [0.05, 0.1) is 11.4 Å². The Labute approximate surface area is 162 Å². The average Bonchev–Trinajstić information content (AvgIpc) is 2.55. The number of aliphatic imine (C=N–C) groups is 1. The highest BCUT2D eigenvalue weighted by molar-refractivity contribution is 9.12. The van der Waals surface area contributed by atoms with E-state index >= 15 is 0 Å². The molecular weight excluding hydrogens is 428 g/mol. The van der Waals surface area contributed by atoms with E-state index in [9.17, 15) is 0 Å². The van der Waals surface area contributed by atoms with Crippen LogP contribution in [0, 0.1) is 0 Å². The lowest BCUT2D eigenvalue weighted by molar-refractivity contribution is 1.40. The Hall–Kier alpha value is -1.39. The molecule has 0 atom stereocenters. The van der Waals surface area contributed by atoms with E-state index in [1.54, 1.807) is 0 Å². The van der Waals surface area contributed by atoms with Crippen LogP contribution in [-0.2, 0) is 0 Å². The van der Waals surface area contributed by atoms with Gasteiger partial charge in [-0.15, -0.1) is 0 Å². The van der Waals surface area contributed by atoms with Gasteiger partial charge >= 0.3 is 0 Å². The zero-order valence-electron chi connectivity index (χ0n) is 14.9. The van der Waals surface area contributed by atoms with Gasteiger partial charge in [0, 0.05) is 18.2 Å². The predicted octanol–water partition coefficient (Wildman–Crippen LogP) is 7.46. The van der Waals surface area contributed by atoms with Crippen molar-refractivity contribution >= 4 is 61.1 Å². The topological polar surface area (TPSA) is 24.4 Å². The lowest BCUT2D eigenvalue weighted by Crippen LogP contribution is -1.97. The van der Waals surface area contributed by atoms with Crippen molar-refractivity contribution in [1.29, 1.82) is 0 Å². The molecule has 1 rings (SSSR count). The van der Waals surface area contributed by atoms with Crippen molar-refractivity contribution in [3.8, 4) is 0 Å². The lowest BCUT2D eigenvalue weighted by atomic mass is 9.96. The zero-order valence-corrected chi connectivity index (χ0v) is 18.0. The smallest absolute Gasteiger partial charge is 0.0934 e. The first-order valence-corrected chi connectivity index (χ1v) is 9.24. The SMILES string of the molecule is C=Nc1c(C(C)=CC=C(C)Br)ccc(C(C)=CC=C(C)Br)c1NC. The van der Waals surface area contributed by atoms with E-state index in [4.69, 9.17) is 0 Å². The average molecular weight is 452 g/mol. The van der Waals surface area contributed by atoms with Crippen LogP contribution in [0.15, 0.2) is 50.4 Å². The molecule has 0 aliphatic heterocycles. The fourth-order valence-corrected chi connectivity index (χ4v) is 2.58. The van der Waals surface area contributed by atoms with Gasteiger partial charge in [0.25, 0.3) is 0 Å². The maximum Gasteiger partial charge on any atom is 0.0934 e. The predicted molar refractivity (Wildman–Crippen MR) is 118 cm³/mol. The Morgan fingerprint density at radius 3 is 1.79 bits per heavy atom. The van der Waals surface area contributed by atoms with Crippen LogP contribution in [0.4, 0.5) is 11.4 Å². The highest BCUT2D eigenvalue weighted by atomic mass is 79.9. The zero-order chi connectivity index (χ0) is 18.3. The fraction of sp³-hybridized carbons (Fsp3) is 0.250. The monoisotopic (exact) mass is 450 g/mol. The Morgan fingerprint density at radius 1 is 0.917 bits per heavy atom. The third-order valence-electron chi connectivity index (χ3n) is 3.56. The van der Waals surface area contributed by atoms with E-state index in [2.05, 4.69) is 87.0 Å². The molecule has 0 saturated carbocycles. The van der Waals surface area contributed by atoms with E-state index in [1.165, 1.54) is 0 Å². The number of rotatable bonds is 6. The van der Waals surface area contributed by atoms with Crippen molar-refractivity contribution in [2.24, 2.45) is 4.99 Å². The summed E-state index contributed by atoms with van der Waals surface area (Å²) in [6.07, 6.45) is 8.24. The third-order valence-corrected chi connectivity index (χ3v) is 4.09. The normalized spacial score (nSPS) is 14.0. The Morgan fingerprint density at radius 2 is 1.38 bits per heavy atom. The maximum atomic E-state index is 4.29. The summed E-state index contributed by atoms with van der Waals surface area (Å²) in [5, 5.41) is 3.28. The Bertz CT molecular complexity index is 730. The van der Waals surface area contributed by atoms with Crippen LogP contribution in [0.3, 0.4) is 0 Å². The van der Waals surface area contributed by atoms with Gasteiger partial charge in [-0.05, 0) is 54.5 Å². The molecule has 1 N–H and O–H groups in total. The largest absolute Gasteiger partial charge is 0.386 e. The van der Waals surface area contributed by atoms with Crippen molar-refractivity contribution in [2.75, 3.05) is 12.4 Å². The fourth-order valence-electron chi connectivity index (χ4n) is 2.31. The highest BCUT2D eigenvalue weighted by Crippen LogP contribution is 2.39. The Kier molecular flexibility index (Phi) is 8.43. The molecular formula is C20H24Br2N2. The first-order valence-electron chi connectivity index (χ1n) is 7.65. The highest BCUT2D eigenvalue weighted by Gasteiger charge is 2.13. The number of halogens is 2. The second-order valence-electron chi connectivity index (χ2n) is 5.50. The molecule has 1 aromatic rings. The van der Waals surface area contributed by atoms with Crippen LogP contribution in [0.2, 0.25) is 0 Å². The van der Waals surface area contributed by atoms with Gasteiger partial charge in [-0.2, -0.15) is 0 Å². The summed E-state index contributed by atoms with van der Waals surface area (Å²) in [6, 6.07) is 4.23. The van der Waals surface area contributed by atoms with Gasteiger partial charge < -0.3 is 5.32 Å². The van der Waals surface area contributed by atoms with Crippen LogP contribution in [0.1, 0.15) is 38.8 Å². The number of hydrogen-bond donors (Lipinski definition) is 1. The molecule has 1 aromatic carbocycles. The quantitative estimate of drug-likeness (QED) is 0.352. The third kappa shape index (κ3) is 5.60. The Balaban J connectivity index is 3.53. The second kappa shape index (κ2) is 9.80. The van der Waals surface area contributed by atoms with Crippen LogP contribution in [-0.4, -0.2) is 13.8 Å². The van der Waals surface area contributed by atoms with Gasteiger partial charge in [0.2, 0.25) is 0 Å². The van der Waals surface area contributed by atoms with Crippen molar-refractivity contribution in [2.45, 2.75) is 27.7 Å².